The third-order valence-electron chi connectivity index (χ3n) is 3.65. The van der Waals surface area contributed by atoms with Gasteiger partial charge in [-0.25, -0.2) is 0 Å². The Bertz CT molecular complexity index is 678. The molecule has 132 valence electrons. The lowest BCUT2D eigenvalue weighted by atomic mass is 10.1. The summed E-state index contributed by atoms with van der Waals surface area (Å²) in [5.74, 6) is -0.872. The first kappa shape index (κ1) is 18.5. The second-order valence-corrected chi connectivity index (χ2v) is 5.82. The largest absolute Gasteiger partial charge is 0.484 e. The van der Waals surface area contributed by atoms with Crippen LogP contribution in [0.25, 0.3) is 0 Å². The fourth-order valence-corrected chi connectivity index (χ4v) is 2.34. The number of carbonyl (C=O) groups is 1. The van der Waals surface area contributed by atoms with Gasteiger partial charge in [0.25, 0.3) is 11.6 Å². The van der Waals surface area contributed by atoms with Crippen molar-refractivity contribution in [3.63, 3.8) is 0 Å². The van der Waals surface area contributed by atoms with E-state index in [2.05, 4.69) is 5.10 Å². The maximum Gasteiger partial charge on any atom is 0.438 e. The van der Waals surface area contributed by atoms with Crippen molar-refractivity contribution in [1.82, 2.24) is 5.01 Å². The first-order chi connectivity index (χ1) is 11.1. The minimum Gasteiger partial charge on any atom is -0.484 e. The molecule has 1 aliphatic rings. The predicted octanol–water partition coefficient (Wildman–Crippen LogP) is 3.28. The predicted molar refractivity (Wildman–Crippen MR) is 81.9 cm³/mol. The first-order valence-electron chi connectivity index (χ1n) is 7.16. The van der Waals surface area contributed by atoms with Crippen LogP contribution in [0.15, 0.2) is 23.3 Å². The number of halogens is 4. The van der Waals surface area contributed by atoms with Crippen LogP contribution < -0.4 is 4.74 Å². The van der Waals surface area contributed by atoms with E-state index in [0.717, 1.165) is 5.56 Å². The van der Waals surface area contributed by atoms with E-state index in [1.54, 1.807) is 19.9 Å². The molecule has 1 heterocycles. The van der Waals surface area contributed by atoms with Gasteiger partial charge < -0.3 is 9.84 Å². The van der Waals surface area contributed by atoms with Gasteiger partial charge in [0.2, 0.25) is 0 Å². The fourth-order valence-electron chi connectivity index (χ4n) is 2.17. The van der Waals surface area contributed by atoms with E-state index in [4.69, 9.17) is 16.3 Å². The van der Waals surface area contributed by atoms with Crippen LogP contribution in [0.2, 0.25) is 5.02 Å². The molecule has 0 spiro atoms. The number of nitrogens with zero attached hydrogens (tertiary/aromatic N) is 2. The van der Waals surface area contributed by atoms with Crippen LogP contribution in [0.3, 0.4) is 0 Å². The van der Waals surface area contributed by atoms with E-state index in [1.165, 1.54) is 12.1 Å². The molecule has 1 aliphatic heterocycles. The highest BCUT2D eigenvalue weighted by Crippen LogP contribution is 2.40. The van der Waals surface area contributed by atoms with E-state index in [9.17, 15) is 23.1 Å². The summed E-state index contributed by atoms with van der Waals surface area (Å²) >= 11 is 5.91. The molecule has 5 nitrogen and oxygen atoms in total. The van der Waals surface area contributed by atoms with Gasteiger partial charge in [0.1, 0.15) is 5.75 Å². The van der Waals surface area contributed by atoms with Gasteiger partial charge >= 0.3 is 6.18 Å². The molecule has 0 saturated carbocycles. The lowest BCUT2D eigenvalue weighted by Crippen LogP contribution is -2.57. The molecule has 1 amide bonds. The van der Waals surface area contributed by atoms with Crippen molar-refractivity contribution < 1.29 is 27.8 Å². The van der Waals surface area contributed by atoms with Crippen LogP contribution in [0.1, 0.15) is 25.3 Å². The molecule has 0 fully saturated rings. The average Bonchev–Trinajstić information content (AvgIpc) is 2.86. The van der Waals surface area contributed by atoms with Gasteiger partial charge in [-0.3, -0.25) is 4.79 Å². The number of rotatable bonds is 4. The number of hydrazone groups is 1. The summed E-state index contributed by atoms with van der Waals surface area (Å²) in [4.78, 5) is 12.1. The fraction of sp³-hybridized carbons (Fsp3) is 0.467. The molecule has 0 aliphatic carbocycles. The lowest BCUT2D eigenvalue weighted by molar-refractivity contribution is -0.302. The Hall–Kier alpha value is -1.80. The molecular weight excluding hydrogens is 349 g/mol. The molecule has 0 saturated heterocycles. The Balaban J connectivity index is 2.14. The highest BCUT2D eigenvalue weighted by molar-refractivity contribution is 6.31. The van der Waals surface area contributed by atoms with E-state index >= 15 is 0 Å². The van der Waals surface area contributed by atoms with E-state index in [1.807, 2.05) is 0 Å². The number of alkyl halides is 3. The maximum atomic E-state index is 13.2. The van der Waals surface area contributed by atoms with Gasteiger partial charge in [-0.1, -0.05) is 24.6 Å². The number of aliphatic hydroxyl groups is 1. The van der Waals surface area contributed by atoms with Gasteiger partial charge in [-0.15, -0.1) is 0 Å². The molecule has 1 N–H and O–H groups in total. The molecule has 9 heteroatoms. The normalized spacial score (nSPS) is 21.0. The molecule has 2 rings (SSSR count). The lowest BCUT2D eigenvalue weighted by Gasteiger charge is -2.32. The maximum absolute atomic E-state index is 13.2. The van der Waals surface area contributed by atoms with Crippen LogP contribution in [-0.4, -0.2) is 40.2 Å². The van der Waals surface area contributed by atoms with Gasteiger partial charge in [0.05, 0.1) is 0 Å². The van der Waals surface area contributed by atoms with Crippen molar-refractivity contribution in [1.29, 1.82) is 0 Å². The highest BCUT2D eigenvalue weighted by atomic mass is 35.5. The zero-order chi connectivity index (χ0) is 18.1. The second kappa shape index (κ2) is 6.60. The number of ether oxygens (including phenoxy) is 1. The molecule has 0 aromatic heterocycles. The van der Waals surface area contributed by atoms with Gasteiger partial charge in [-0.2, -0.15) is 23.3 Å². The SMILES string of the molecule is CCC1=NN(C(=O)COc2ccc(C)c(Cl)c2)[C@@](O)(C(F)(F)F)C1. The number of amides is 1. The number of carbonyl (C=O) groups excluding carboxylic acids is 1. The molecule has 1 aromatic carbocycles. The van der Waals surface area contributed by atoms with Gasteiger partial charge in [0.15, 0.2) is 6.61 Å². The minimum absolute atomic E-state index is 0.0572. The molecule has 24 heavy (non-hydrogen) atoms. The summed E-state index contributed by atoms with van der Waals surface area (Å²) < 4.78 is 44.6. The highest BCUT2D eigenvalue weighted by Gasteiger charge is 2.62. The zero-order valence-electron chi connectivity index (χ0n) is 13.0. The first-order valence-corrected chi connectivity index (χ1v) is 7.53. The Morgan fingerprint density at radius 3 is 2.71 bits per heavy atom. The van der Waals surface area contributed by atoms with Crippen LogP contribution in [-0.2, 0) is 4.79 Å². The van der Waals surface area contributed by atoms with Gasteiger partial charge in [-0.05, 0) is 31.0 Å². The number of aryl methyl sites for hydroxylation is 1. The van der Waals surface area contributed by atoms with Crippen molar-refractivity contribution >= 4 is 23.2 Å². The Morgan fingerprint density at radius 2 is 2.17 bits per heavy atom. The molecule has 0 bridgehead atoms. The van der Waals surface area contributed by atoms with Crippen LogP contribution in [0.4, 0.5) is 13.2 Å². The third-order valence-corrected chi connectivity index (χ3v) is 4.05. The summed E-state index contributed by atoms with van der Waals surface area (Å²) in [6, 6.07) is 4.64. The molecule has 0 radical (unpaired) electrons. The van der Waals surface area contributed by atoms with Crippen molar-refractivity contribution in [3.05, 3.63) is 28.8 Å². The summed E-state index contributed by atoms with van der Waals surface area (Å²) in [6.07, 6.45) is -5.61. The standard InChI is InChI=1S/C15H16ClF3N2O3/c1-3-10-7-14(23,15(17,18)19)21(20-10)13(22)8-24-11-5-4-9(2)12(16)6-11/h4-6,23H,3,7-8H2,1-2H3/t14-/m0/s1. The van der Waals surface area contributed by atoms with Crippen LogP contribution in [0.5, 0.6) is 5.75 Å². The Labute approximate surface area is 141 Å². The topological polar surface area (TPSA) is 62.1 Å². The van der Waals surface area contributed by atoms with E-state index in [0.29, 0.717) is 5.02 Å². The quantitative estimate of drug-likeness (QED) is 0.891. The van der Waals surface area contributed by atoms with Crippen molar-refractivity contribution in [3.8, 4) is 5.75 Å². The van der Waals surface area contributed by atoms with E-state index < -0.39 is 30.8 Å². The monoisotopic (exact) mass is 364 g/mol. The zero-order valence-corrected chi connectivity index (χ0v) is 13.8. The molecule has 1 atom stereocenters. The summed E-state index contributed by atoms with van der Waals surface area (Å²) in [6.45, 7) is 2.65. The Morgan fingerprint density at radius 1 is 1.50 bits per heavy atom. The number of hydrogen-bond acceptors (Lipinski definition) is 4. The van der Waals surface area contributed by atoms with Crippen LogP contribution >= 0.6 is 11.6 Å². The minimum atomic E-state index is -5.03. The van der Waals surface area contributed by atoms with Crippen molar-refractivity contribution in [2.24, 2.45) is 5.10 Å². The van der Waals surface area contributed by atoms with E-state index in [-0.39, 0.29) is 22.9 Å². The van der Waals surface area contributed by atoms with Crippen molar-refractivity contribution in [2.45, 2.75) is 38.6 Å². The second-order valence-electron chi connectivity index (χ2n) is 5.42. The summed E-state index contributed by atoms with van der Waals surface area (Å²) in [5, 5.41) is 14.0. The van der Waals surface area contributed by atoms with Gasteiger partial charge in [0, 0.05) is 17.2 Å². The van der Waals surface area contributed by atoms with Crippen molar-refractivity contribution in [2.75, 3.05) is 6.61 Å². The molecule has 0 unspecified atom stereocenters. The molecule has 1 aromatic rings. The average molecular weight is 365 g/mol. The Kier molecular flexibility index (Phi) is 5.10. The van der Waals surface area contributed by atoms with Crippen LogP contribution in [0, 0.1) is 6.92 Å². The number of hydrogen-bond donors (Lipinski definition) is 1. The third kappa shape index (κ3) is 3.49. The molecular formula is C15H16ClF3N2O3. The smallest absolute Gasteiger partial charge is 0.438 e. The summed E-state index contributed by atoms with van der Waals surface area (Å²) in [5.41, 5.74) is -2.47. The number of benzene rings is 1. The summed E-state index contributed by atoms with van der Waals surface area (Å²) in [7, 11) is 0.